The molecule has 1 aliphatic rings. The van der Waals surface area contributed by atoms with Gasteiger partial charge in [0, 0.05) is 20.1 Å². The van der Waals surface area contributed by atoms with Crippen molar-refractivity contribution in [2.24, 2.45) is 0 Å². The Hall–Kier alpha value is -2.07. The van der Waals surface area contributed by atoms with Gasteiger partial charge in [0.15, 0.2) is 11.7 Å². The third-order valence-electron chi connectivity index (χ3n) is 4.30. The summed E-state index contributed by atoms with van der Waals surface area (Å²) in [6.07, 6.45) is -4.72. The van der Waals surface area contributed by atoms with Crippen LogP contribution in [0.5, 0.6) is 0 Å². The highest BCUT2D eigenvalue weighted by Crippen LogP contribution is 2.46. The fraction of sp³-hybridized carbons (Fsp3) is 0.412. The molecule has 0 spiro atoms. The second kappa shape index (κ2) is 7.89. The van der Waals surface area contributed by atoms with Crippen molar-refractivity contribution in [2.75, 3.05) is 25.6 Å². The van der Waals surface area contributed by atoms with Gasteiger partial charge in [-0.3, -0.25) is 4.79 Å². The number of alkyl halides is 3. The minimum atomic E-state index is -4.50. The lowest BCUT2D eigenvalue weighted by Crippen LogP contribution is -2.36. The van der Waals surface area contributed by atoms with Crippen molar-refractivity contribution in [1.29, 1.82) is 0 Å². The molecule has 6 nitrogen and oxygen atoms in total. The molecular formula is C17H18BrF3N4O2. The van der Waals surface area contributed by atoms with Crippen LogP contribution in [0.15, 0.2) is 34.8 Å². The lowest BCUT2D eigenvalue weighted by atomic mass is 9.97. The van der Waals surface area contributed by atoms with Crippen molar-refractivity contribution in [3.63, 3.8) is 0 Å². The molecule has 0 saturated carbocycles. The molecule has 10 heteroatoms. The van der Waals surface area contributed by atoms with E-state index in [9.17, 15) is 18.0 Å². The molecule has 1 aromatic heterocycles. The molecule has 0 bridgehead atoms. The van der Waals surface area contributed by atoms with Crippen LogP contribution in [-0.2, 0) is 4.74 Å². The number of amides is 1. The number of carbonyl (C=O) groups is 1. The number of hydrogen-bond acceptors (Lipinski definition) is 4. The van der Waals surface area contributed by atoms with Gasteiger partial charge in [0.05, 0.1) is 17.1 Å². The van der Waals surface area contributed by atoms with Gasteiger partial charge in [-0.15, -0.1) is 0 Å². The number of fused-ring (bicyclic) bond motifs is 1. The van der Waals surface area contributed by atoms with Crippen LogP contribution in [0, 0.1) is 0 Å². The van der Waals surface area contributed by atoms with Gasteiger partial charge in [-0.2, -0.15) is 18.3 Å². The quantitative estimate of drug-likeness (QED) is 0.687. The topological polar surface area (TPSA) is 68.2 Å². The largest absolute Gasteiger partial charge is 0.410 e. The first kappa shape index (κ1) is 19.7. The van der Waals surface area contributed by atoms with Crippen molar-refractivity contribution >= 4 is 27.7 Å². The number of halogens is 4. The van der Waals surface area contributed by atoms with Crippen LogP contribution in [-0.4, -0.2) is 42.1 Å². The first-order valence-corrected chi connectivity index (χ1v) is 9.05. The van der Waals surface area contributed by atoms with Gasteiger partial charge < -0.3 is 15.4 Å². The minimum absolute atomic E-state index is 0.100. The van der Waals surface area contributed by atoms with Crippen LogP contribution in [0.4, 0.5) is 19.0 Å². The SMILES string of the molecule is COCCNC(=O)c1nn2c(c1Br)NC(c1ccccc1)CC2C(F)(F)F. The molecule has 3 rings (SSSR count). The van der Waals surface area contributed by atoms with Crippen LogP contribution in [0.25, 0.3) is 0 Å². The molecule has 0 radical (unpaired) electrons. The first-order chi connectivity index (χ1) is 12.8. The predicted molar refractivity (Wildman–Crippen MR) is 96.7 cm³/mol. The zero-order valence-electron chi connectivity index (χ0n) is 14.4. The van der Waals surface area contributed by atoms with Gasteiger partial charge in [0.25, 0.3) is 5.91 Å². The van der Waals surface area contributed by atoms with E-state index < -0.39 is 24.2 Å². The molecule has 1 aliphatic heterocycles. The summed E-state index contributed by atoms with van der Waals surface area (Å²) in [5, 5.41) is 9.58. The van der Waals surface area contributed by atoms with Crippen LogP contribution < -0.4 is 10.6 Å². The fourth-order valence-corrected chi connectivity index (χ4v) is 3.54. The number of methoxy groups -OCH3 is 1. The van der Waals surface area contributed by atoms with Gasteiger partial charge >= 0.3 is 6.18 Å². The average Bonchev–Trinajstić information content (AvgIpc) is 2.98. The first-order valence-electron chi connectivity index (χ1n) is 8.26. The van der Waals surface area contributed by atoms with E-state index in [0.29, 0.717) is 0 Å². The van der Waals surface area contributed by atoms with Crippen molar-refractivity contribution in [3.8, 4) is 0 Å². The highest BCUT2D eigenvalue weighted by molar-refractivity contribution is 9.10. The molecule has 2 atom stereocenters. The van der Waals surface area contributed by atoms with E-state index in [1.54, 1.807) is 30.3 Å². The Labute approximate surface area is 162 Å². The molecular weight excluding hydrogens is 429 g/mol. The highest BCUT2D eigenvalue weighted by atomic mass is 79.9. The number of carbonyl (C=O) groups excluding carboxylic acids is 1. The van der Waals surface area contributed by atoms with E-state index >= 15 is 0 Å². The maximum Gasteiger partial charge on any atom is 0.410 e. The number of aromatic nitrogens is 2. The van der Waals surface area contributed by atoms with Gasteiger partial charge in [-0.1, -0.05) is 30.3 Å². The molecule has 2 heterocycles. The summed E-state index contributed by atoms with van der Waals surface area (Å²) in [6.45, 7) is 0.517. The Morgan fingerprint density at radius 3 is 2.74 bits per heavy atom. The predicted octanol–water partition coefficient (Wildman–Crippen LogP) is 3.68. The number of hydrogen-bond donors (Lipinski definition) is 2. The van der Waals surface area contributed by atoms with Gasteiger partial charge in [-0.25, -0.2) is 4.68 Å². The summed E-state index contributed by atoms with van der Waals surface area (Å²) in [6, 6.07) is 6.49. The second-order valence-corrected chi connectivity index (χ2v) is 6.90. The van der Waals surface area contributed by atoms with Crippen LogP contribution in [0.1, 0.15) is 34.6 Å². The number of rotatable bonds is 5. The van der Waals surface area contributed by atoms with E-state index in [1.165, 1.54) is 7.11 Å². The molecule has 0 saturated heterocycles. The number of benzene rings is 1. The molecule has 2 aromatic rings. The van der Waals surface area contributed by atoms with Crippen molar-refractivity contribution in [1.82, 2.24) is 15.1 Å². The van der Waals surface area contributed by atoms with Crippen molar-refractivity contribution in [2.45, 2.75) is 24.7 Å². The van der Waals surface area contributed by atoms with E-state index in [-0.39, 0.29) is 35.6 Å². The summed E-state index contributed by atoms with van der Waals surface area (Å²) in [7, 11) is 1.49. The monoisotopic (exact) mass is 446 g/mol. The lowest BCUT2D eigenvalue weighted by Gasteiger charge is -2.33. The zero-order chi connectivity index (χ0) is 19.6. The van der Waals surface area contributed by atoms with E-state index in [1.807, 2.05) is 0 Å². The molecule has 0 aliphatic carbocycles. The summed E-state index contributed by atoms with van der Waals surface area (Å²) < 4.78 is 46.9. The van der Waals surface area contributed by atoms with E-state index in [4.69, 9.17) is 4.74 Å². The van der Waals surface area contributed by atoms with E-state index in [2.05, 4.69) is 31.7 Å². The lowest BCUT2D eigenvalue weighted by molar-refractivity contribution is -0.173. The zero-order valence-corrected chi connectivity index (χ0v) is 16.0. The standard InChI is InChI=1S/C17H18BrF3N4O2/c1-27-8-7-22-16(26)14-13(18)15-23-11(10-5-3-2-4-6-10)9-12(17(19,20)21)25(15)24-14/h2-6,11-12,23H,7-9H2,1H3,(H,22,26). The molecule has 146 valence electrons. The summed E-state index contributed by atoms with van der Waals surface area (Å²) in [5.41, 5.74) is 0.633. The molecule has 27 heavy (non-hydrogen) atoms. The minimum Gasteiger partial charge on any atom is -0.383 e. The Kier molecular flexibility index (Phi) is 5.75. The number of anilines is 1. The van der Waals surface area contributed by atoms with Crippen LogP contribution in [0.2, 0.25) is 0 Å². The maximum atomic E-state index is 13.7. The van der Waals surface area contributed by atoms with Crippen LogP contribution in [0.3, 0.4) is 0 Å². The fourth-order valence-electron chi connectivity index (χ4n) is 2.99. The third kappa shape index (κ3) is 4.11. The molecule has 1 amide bonds. The van der Waals surface area contributed by atoms with Crippen molar-refractivity contribution < 1.29 is 22.7 Å². The Balaban J connectivity index is 1.96. The van der Waals surface area contributed by atoms with Crippen LogP contribution >= 0.6 is 15.9 Å². The van der Waals surface area contributed by atoms with Gasteiger partial charge in [0.2, 0.25) is 0 Å². The maximum absolute atomic E-state index is 13.7. The van der Waals surface area contributed by atoms with Gasteiger partial charge in [0.1, 0.15) is 5.82 Å². The number of nitrogens with one attached hydrogen (secondary N) is 2. The van der Waals surface area contributed by atoms with Gasteiger partial charge in [-0.05, 0) is 21.5 Å². The second-order valence-electron chi connectivity index (χ2n) is 6.11. The van der Waals surface area contributed by atoms with E-state index in [0.717, 1.165) is 10.2 Å². The summed E-state index contributed by atoms with van der Waals surface area (Å²) >= 11 is 3.24. The highest BCUT2D eigenvalue weighted by Gasteiger charge is 2.47. The van der Waals surface area contributed by atoms with Crippen molar-refractivity contribution in [3.05, 3.63) is 46.1 Å². The smallest absolute Gasteiger partial charge is 0.383 e. The normalized spacial score (nSPS) is 19.3. The molecule has 2 unspecified atom stereocenters. The molecule has 0 fully saturated rings. The molecule has 1 aromatic carbocycles. The Morgan fingerprint density at radius 2 is 2.11 bits per heavy atom. The summed E-state index contributed by atoms with van der Waals surface area (Å²) in [4.78, 5) is 12.3. The Morgan fingerprint density at radius 1 is 1.41 bits per heavy atom. The molecule has 2 N–H and O–H groups in total. The third-order valence-corrected chi connectivity index (χ3v) is 5.06. The number of ether oxygens (including phenoxy) is 1. The average molecular weight is 447 g/mol. The summed E-state index contributed by atoms with van der Waals surface area (Å²) in [5.74, 6) is -0.436. The number of nitrogens with zero attached hydrogens (tertiary/aromatic N) is 2. The Bertz CT molecular complexity index is 811.